The zero-order valence-corrected chi connectivity index (χ0v) is 17.5. The molecule has 1 saturated heterocycles. The Morgan fingerprint density at radius 3 is 2.69 bits per heavy atom. The van der Waals surface area contributed by atoms with Crippen LogP contribution in [0.2, 0.25) is 0 Å². The van der Waals surface area contributed by atoms with E-state index in [0.717, 1.165) is 12.0 Å². The summed E-state index contributed by atoms with van der Waals surface area (Å²) in [5, 5.41) is 2.88. The molecule has 2 aromatic rings. The first kappa shape index (κ1) is 21.1. The fraction of sp³-hybridized carbons (Fsp3) is 0.400. The molecule has 8 nitrogen and oxygen atoms in total. The third-order valence-electron chi connectivity index (χ3n) is 5.14. The molecule has 0 radical (unpaired) electrons. The van der Waals surface area contributed by atoms with Crippen molar-refractivity contribution in [3.05, 3.63) is 47.8 Å². The van der Waals surface area contributed by atoms with Crippen LogP contribution in [0.1, 0.15) is 35.8 Å². The van der Waals surface area contributed by atoms with Crippen molar-refractivity contribution in [2.24, 2.45) is 7.05 Å². The van der Waals surface area contributed by atoms with Gasteiger partial charge in [-0.2, -0.15) is 4.31 Å². The van der Waals surface area contributed by atoms with Crippen LogP contribution in [0.25, 0.3) is 0 Å². The van der Waals surface area contributed by atoms with Gasteiger partial charge in [-0.25, -0.2) is 13.2 Å². The molecule has 1 aliphatic rings. The smallest absolute Gasteiger partial charge is 0.354 e. The van der Waals surface area contributed by atoms with Crippen LogP contribution < -0.4 is 5.32 Å². The molecule has 9 heteroatoms. The summed E-state index contributed by atoms with van der Waals surface area (Å²) in [7, 11) is -1.14. The summed E-state index contributed by atoms with van der Waals surface area (Å²) in [4.78, 5) is 24.7. The highest BCUT2D eigenvalue weighted by atomic mass is 32.2. The summed E-state index contributed by atoms with van der Waals surface area (Å²) in [5.74, 6) is -0.975. The Bertz CT molecular complexity index is 1030. The number of para-hydroxylation sites is 1. The summed E-state index contributed by atoms with van der Waals surface area (Å²) in [6.45, 7) is 2.24. The van der Waals surface area contributed by atoms with Gasteiger partial charge in [-0.1, -0.05) is 25.1 Å². The quantitative estimate of drug-likeness (QED) is 0.724. The van der Waals surface area contributed by atoms with Crippen LogP contribution >= 0.6 is 0 Å². The highest BCUT2D eigenvalue weighted by molar-refractivity contribution is 7.89. The summed E-state index contributed by atoms with van der Waals surface area (Å²) in [6.07, 6.45) is 3.14. The van der Waals surface area contributed by atoms with Gasteiger partial charge in [0.1, 0.15) is 16.6 Å². The zero-order valence-electron chi connectivity index (χ0n) is 16.7. The predicted molar refractivity (Wildman–Crippen MR) is 108 cm³/mol. The summed E-state index contributed by atoms with van der Waals surface area (Å²) < 4.78 is 33.7. The zero-order chi connectivity index (χ0) is 21.2. The number of hydrogen-bond donors (Lipinski definition) is 1. The Morgan fingerprint density at radius 2 is 2.00 bits per heavy atom. The minimum Gasteiger partial charge on any atom is -0.464 e. The number of aromatic nitrogens is 1. The molecule has 1 fully saturated rings. The molecule has 0 spiro atoms. The number of aryl methyl sites for hydroxylation is 2. The normalized spacial score (nSPS) is 17.3. The van der Waals surface area contributed by atoms with Crippen molar-refractivity contribution >= 4 is 27.6 Å². The van der Waals surface area contributed by atoms with Crippen molar-refractivity contribution in [2.45, 2.75) is 37.1 Å². The summed E-state index contributed by atoms with van der Waals surface area (Å²) in [6, 6.07) is 7.94. The van der Waals surface area contributed by atoms with Crippen molar-refractivity contribution < 1.29 is 22.7 Å². The number of nitrogens with one attached hydrogen (secondary N) is 1. The maximum Gasteiger partial charge on any atom is 0.354 e. The Hall–Kier alpha value is -2.65. The molecular formula is C20H25N3O5S. The molecule has 1 amide bonds. The first-order valence-corrected chi connectivity index (χ1v) is 10.9. The molecular weight excluding hydrogens is 394 g/mol. The average Bonchev–Trinajstić information content (AvgIpc) is 3.35. The summed E-state index contributed by atoms with van der Waals surface area (Å²) in [5.41, 5.74) is 1.80. The minimum atomic E-state index is -3.94. The van der Waals surface area contributed by atoms with Gasteiger partial charge in [0, 0.05) is 25.5 Å². The molecule has 0 saturated carbocycles. The van der Waals surface area contributed by atoms with Crippen molar-refractivity contribution in [1.29, 1.82) is 0 Å². The van der Waals surface area contributed by atoms with Crippen LogP contribution in [0.3, 0.4) is 0 Å². The van der Waals surface area contributed by atoms with Crippen LogP contribution in [0.4, 0.5) is 5.69 Å². The number of nitrogens with zero attached hydrogens (tertiary/aromatic N) is 2. The number of rotatable bonds is 6. The number of benzene rings is 1. The second kappa shape index (κ2) is 8.38. The number of methoxy groups -OCH3 is 1. The van der Waals surface area contributed by atoms with E-state index < -0.39 is 22.0 Å². The molecule has 3 rings (SSSR count). The van der Waals surface area contributed by atoms with E-state index in [0.29, 0.717) is 18.5 Å². The van der Waals surface area contributed by atoms with Crippen LogP contribution in [0, 0.1) is 0 Å². The lowest BCUT2D eigenvalue weighted by molar-refractivity contribution is -0.119. The van der Waals surface area contributed by atoms with E-state index >= 15 is 0 Å². The summed E-state index contributed by atoms with van der Waals surface area (Å²) >= 11 is 0. The van der Waals surface area contributed by atoms with Gasteiger partial charge in [-0.3, -0.25) is 4.79 Å². The predicted octanol–water partition coefficient (Wildman–Crippen LogP) is 2.17. The monoisotopic (exact) mass is 419 g/mol. The molecule has 1 aromatic carbocycles. The third kappa shape index (κ3) is 4.06. The fourth-order valence-electron chi connectivity index (χ4n) is 3.57. The number of carbonyl (C=O) groups excluding carboxylic acids is 2. The molecule has 0 bridgehead atoms. The van der Waals surface area contributed by atoms with E-state index in [-0.39, 0.29) is 23.0 Å². The third-order valence-corrected chi connectivity index (χ3v) is 7.02. The first-order valence-electron chi connectivity index (χ1n) is 9.45. The van der Waals surface area contributed by atoms with Crippen LogP contribution in [-0.2, 0) is 33.0 Å². The van der Waals surface area contributed by atoms with Gasteiger partial charge in [0.2, 0.25) is 15.9 Å². The van der Waals surface area contributed by atoms with Gasteiger partial charge >= 0.3 is 5.97 Å². The van der Waals surface area contributed by atoms with Gasteiger partial charge in [0.15, 0.2) is 0 Å². The number of esters is 1. The standard InChI is InChI=1S/C20H25N3O5S/c1-4-14-8-5-6-9-16(14)21-19(24)17-10-7-11-23(17)29(26,27)15-12-18(20(25)28-3)22(2)13-15/h5-6,8-9,12-13,17H,4,7,10-11H2,1-3H3,(H,21,24). The highest BCUT2D eigenvalue weighted by Gasteiger charge is 2.40. The van der Waals surface area contributed by atoms with E-state index in [9.17, 15) is 18.0 Å². The van der Waals surface area contributed by atoms with E-state index in [1.807, 2.05) is 31.2 Å². The molecule has 1 aromatic heterocycles. The maximum absolute atomic E-state index is 13.2. The largest absolute Gasteiger partial charge is 0.464 e. The fourth-order valence-corrected chi connectivity index (χ4v) is 5.30. The molecule has 2 heterocycles. The lowest BCUT2D eigenvalue weighted by Crippen LogP contribution is -2.43. The molecule has 1 atom stereocenters. The number of carbonyl (C=O) groups is 2. The van der Waals surface area contributed by atoms with E-state index in [1.54, 1.807) is 7.05 Å². The number of ether oxygens (including phenoxy) is 1. The minimum absolute atomic E-state index is 0.0333. The topological polar surface area (TPSA) is 97.7 Å². The van der Waals surface area contributed by atoms with E-state index in [4.69, 9.17) is 0 Å². The van der Waals surface area contributed by atoms with Crippen LogP contribution in [0.5, 0.6) is 0 Å². The van der Waals surface area contributed by atoms with Gasteiger partial charge in [0.25, 0.3) is 0 Å². The maximum atomic E-state index is 13.2. The van der Waals surface area contributed by atoms with E-state index in [2.05, 4.69) is 10.1 Å². The van der Waals surface area contributed by atoms with Crippen LogP contribution in [0.15, 0.2) is 41.4 Å². The number of hydrogen-bond acceptors (Lipinski definition) is 5. The van der Waals surface area contributed by atoms with Crippen molar-refractivity contribution in [1.82, 2.24) is 8.87 Å². The van der Waals surface area contributed by atoms with Gasteiger partial charge in [-0.15, -0.1) is 0 Å². The first-order chi connectivity index (χ1) is 13.8. The van der Waals surface area contributed by atoms with Gasteiger partial charge < -0.3 is 14.6 Å². The Morgan fingerprint density at radius 1 is 1.28 bits per heavy atom. The number of amides is 1. The van der Waals surface area contributed by atoms with Gasteiger partial charge in [0.05, 0.1) is 7.11 Å². The number of anilines is 1. The SMILES string of the molecule is CCc1ccccc1NC(=O)C1CCCN1S(=O)(=O)c1cc(C(=O)OC)n(C)c1. The second-order valence-corrected chi connectivity index (χ2v) is 8.83. The molecule has 1 unspecified atom stereocenters. The second-order valence-electron chi connectivity index (χ2n) is 6.94. The molecule has 0 aliphatic carbocycles. The Balaban J connectivity index is 1.86. The lowest BCUT2D eigenvalue weighted by atomic mass is 10.1. The van der Waals surface area contributed by atoms with Gasteiger partial charge in [-0.05, 0) is 37.0 Å². The van der Waals surface area contributed by atoms with Crippen LogP contribution in [-0.4, -0.2) is 48.9 Å². The Kier molecular flexibility index (Phi) is 6.09. The molecule has 29 heavy (non-hydrogen) atoms. The average molecular weight is 420 g/mol. The molecule has 156 valence electrons. The van der Waals surface area contributed by atoms with Crippen molar-refractivity contribution in [3.63, 3.8) is 0 Å². The van der Waals surface area contributed by atoms with Crippen molar-refractivity contribution in [2.75, 3.05) is 19.0 Å². The molecule has 1 N–H and O–H groups in total. The van der Waals surface area contributed by atoms with E-state index in [1.165, 1.54) is 28.2 Å². The van der Waals surface area contributed by atoms with Crippen molar-refractivity contribution in [3.8, 4) is 0 Å². The number of sulfonamides is 1. The molecule has 1 aliphatic heterocycles. The Labute approximate surface area is 170 Å². The lowest BCUT2D eigenvalue weighted by Gasteiger charge is -2.23. The highest BCUT2D eigenvalue weighted by Crippen LogP contribution is 2.28.